The minimum atomic E-state index is -0.0391. The Hall–Kier alpha value is -2.70. The molecule has 0 aliphatic carbocycles. The van der Waals surface area contributed by atoms with E-state index in [1.165, 1.54) is 28.2 Å². The lowest BCUT2D eigenvalue weighted by Crippen LogP contribution is -2.31. The summed E-state index contributed by atoms with van der Waals surface area (Å²) in [6.45, 7) is 7.39. The van der Waals surface area contributed by atoms with Gasteiger partial charge in [-0.2, -0.15) is 0 Å². The first kappa shape index (κ1) is 21.5. The maximum Gasteiger partial charge on any atom is 0.170 e. The SMILES string of the molecule is CCc1ccccc1-n1c(C)cc([C@@H]2[C@@H](c3ccccn3)NC(=S)N2CCCO)c1C. The quantitative estimate of drug-likeness (QED) is 0.540. The molecule has 0 amide bonds. The van der Waals surface area contributed by atoms with E-state index in [-0.39, 0.29) is 18.7 Å². The number of aromatic nitrogens is 2. The number of rotatable bonds is 7. The van der Waals surface area contributed by atoms with Crippen molar-refractivity contribution in [2.75, 3.05) is 13.2 Å². The largest absolute Gasteiger partial charge is 0.396 e. The van der Waals surface area contributed by atoms with Crippen LogP contribution >= 0.6 is 12.2 Å². The number of benzene rings is 1. The van der Waals surface area contributed by atoms with Gasteiger partial charge in [-0.25, -0.2) is 0 Å². The Bertz CT molecular complexity index is 1060. The zero-order valence-electron chi connectivity index (χ0n) is 18.4. The molecule has 3 heterocycles. The van der Waals surface area contributed by atoms with E-state index >= 15 is 0 Å². The third-order valence-corrected chi connectivity index (χ3v) is 6.51. The van der Waals surface area contributed by atoms with E-state index < -0.39 is 0 Å². The highest BCUT2D eigenvalue weighted by Crippen LogP contribution is 2.41. The molecule has 31 heavy (non-hydrogen) atoms. The number of nitrogens with zero attached hydrogens (tertiary/aromatic N) is 3. The number of nitrogens with one attached hydrogen (secondary N) is 1. The second-order valence-electron chi connectivity index (χ2n) is 8.04. The molecule has 1 fully saturated rings. The van der Waals surface area contributed by atoms with Gasteiger partial charge in [0, 0.05) is 36.4 Å². The Kier molecular flexibility index (Phi) is 6.39. The monoisotopic (exact) mass is 434 g/mol. The Labute approximate surface area is 189 Å². The summed E-state index contributed by atoms with van der Waals surface area (Å²) in [6.07, 6.45) is 3.48. The fraction of sp³-hybridized carbons (Fsp3) is 0.360. The summed E-state index contributed by atoms with van der Waals surface area (Å²) >= 11 is 5.72. The molecule has 1 saturated heterocycles. The Balaban J connectivity index is 1.83. The van der Waals surface area contributed by atoms with Gasteiger partial charge in [-0.15, -0.1) is 0 Å². The highest BCUT2D eigenvalue weighted by molar-refractivity contribution is 7.80. The second kappa shape index (κ2) is 9.20. The number of para-hydroxylation sites is 1. The van der Waals surface area contributed by atoms with E-state index in [0.717, 1.165) is 12.1 Å². The van der Waals surface area contributed by atoms with Crippen LogP contribution in [0.1, 0.15) is 53.6 Å². The van der Waals surface area contributed by atoms with E-state index in [4.69, 9.17) is 12.2 Å². The minimum absolute atomic E-state index is 0.0164. The fourth-order valence-electron chi connectivity index (χ4n) is 4.71. The van der Waals surface area contributed by atoms with E-state index in [0.29, 0.717) is 18.1 Å². The summed E-state index contributed by atoms with van der Waals surface area (Å²) in [5.41, 5.74) is 7.19. The topological polar surface area (TPSA) is 53.3 Å². The molecule has 4 rings (SSSR count). The van der Waals surface area contributed by atoms with Crippen molar-refractivity contribution >= 4 is 17.3 Å². The van der Waals surface area contributed by atoms with E-state index in [2.05, 4.69) is 70.9 Å². The highest BCUT2D eigenvalue weighted by Gasteiger charge is 2.41. The van der Waals surface area contributed by atoms with E-state index in [9.17, 15) is 5.11 Å². The van der Waals surface area contributed by atoms with Crippen LogP contribution in [-0.2, 0) is 6.42 Å². The average Bonchev–Trinajstić information content (AvgIpc) is 3.27. The van der Waals surface area contributed by atoms with Crippen LogP contribution in [0.5, 0.6) is 0 Å². The van der Waals surface area contributed by atoms with Crippen LogP contribution in [0, 0.1) is 13.8 Å². The van der Waals surface area contributed by atoms with Gasteiger partial charge in [0.15, 0.2) is 5.11 Å². The maximum atomic E-state index is 9.45. The summed E-state index contributed by atoms with van der Waals surface area (Å²) in [5, 5.41) is 13.7. The molecule has 1 aliphatic heterocycles. The first-order valence-electron chi connectivity index (χ1n) is 10.9. The molecule has 3 aromatic rings. The van der Waals surface area contributed by atoms with Crippen LogP contribution < -0.4 is 5.32 Å². The van der Waals surface area contributed by atoms with Gasteiger partial charge >= 0.3 is 0 Å². The number of aryl methyl sites for hydroxylation is 2. The van der Waals surface area contributed by atoms with Crippen molar-refractivity contribution in [2.24, 2.45) is 0 Å². The molecule has 6 heteroatoms. The van der Waals surface area contributed by atoms with Crippen molar-refractivity contribution in [1.82, 2.24) is 19.8 Å². The van der Waals surface area contributed by atoms with Crippen LogP contribution in [0.3, 0.4) is 0 Å². The Morgan fingerprint density at radius 1 is 1.13 bits per heavy atom. The molecule has 2 atom stereocenters. The lowest BCUT2D eigenvalue weighted by molar-refractivity contribution is 0.247. The fourth-order valence-corrected chi connectivity index (χ4v) is 5.04. The lowest BCUT2D eigenvalue weighted by atomic mass is 9.96. The number of hydrogen-bond acceptors (Lipinski definition) is 3. The number of aliphatic hydroxyl groups is 1. The normalized spacial score (nSPS) is 18.5. The smallest absolute Gasteiger partial charge is 0.170 e. The first-order chi connectivity index (χ1) is 15.1. The summed E-state index contributed by atoms with van der Waals surface area (Å²) in [4.78, 5) is 6.84. The molecule has 2 N–H and O–H groups in total. The summed E-state index contributed by atoms with van der Waals surface area (Å²) in [7, 11) is 0. The van der Waals surface area contributed by atoms with Crippen LogP contribution in [0.25, 0.3) is 5.69 Å². The molecule has 1 aromatic carbocycles. The molecule has 2 aromatic heterocycles. The van der Waals surface area contributed by atoms with Gasteiger partial charge in [-0.05, 0) is 74.3 Å². The standard InChI is InChI=1S/C25H30N4OS/c1-4-19-10-5-6-12-22(19)29-17(2)16-20(18(29)3)24-23(21-11-7-8-13-26-21)27-25(31)28(24)14-9-15-30/h5-8,10-13,16,23-24,30H,4,9,14-15H2,1-3H3,(H,27,31)/t23-,24-/m1/s1. The van der Waals surface area contributed by atoms with Gasteiger partial charge < -0.3 is 19.9 Å². The van der Waals surface area contributed by atoms with Crippen molar-refractivity contribution in [3.63, 3.8) is 0 Å². The van der Waals surface area contributed by atoms with Gasteiger partial charge in [0.25, 0.3) is 0 Å². The number of pyridine rings is 1. The molecule has 5 nitrogen and oxygen atoms in total. The van der Waals surface area contributed by atoms with Crippen LogP contribution in [0.2, 0.25) is 0 Å². The maximum absolute atomic E-state index is 9.45. The van der Waals surface area contributed by atoms with Crippen LogP contribution in [-0.4, -0.2) is 37.8 Å². The van der Waals surface area contributed by atoms with E-state index in [1.807, 2.05) is 24.4 Å². The van der Waals surface area contributed by atoms with E-state index in [1.54, 1.807) is 0 Å². The zero-order chi connectivity index (χ0) is 22.0. The van der Waals surface area contributed by atoms with Crippen LogP contribution in [0.4, 0.5) is 0 Å². The van der Waals surface area contributed by atoms with Gasteiger partial charge in [-0.3, -0.25) is 4.98 Å². The predicted molar refractivity (Wildman–Crippen MR) is 128 cm³/mol. The third kappa shape index (κ3) is 3.98. The molecular formula is C25H30N4OS. The number of hydrogen-bond donors (Lipinski definition) is 2. The number of aliphatic hydroxyl groups excluding tert-OH is 1. The summed E-state index contributed by atoms with van der Waals surface area (Å²) < 4.78 is 2.36. The molecule has 1 aliphatic rings. The lowest BCUT2D eigenvalue weighted by Gasteiger charge is -2.28. The molecular weight excluding hydrogens is 404 g/mol. The van der Waals surface area contributed by atoms with Crippen LogP contribution in [0.15, 0.2) is 54.7 Å². The second-order valence-corrected chi connectivity index (χ2v) is 8.43. The van der Waals surface area contributed by atoms with Gasteiger partial charge in [0.2, 0.25) is 0 Å². The number of thiocarbonyl (C=S) groups is 1. The molecule has 0 radical (unpaired) electrons. The van der Waals surface area contributed by atoms with Gasteiger partial charge in [0.05, 0.1) is 17.8 Å². The summed E-state index contributed by atoms with van der Waals surface area (Å²) in [6, 6.07) is 16.9. The highest BCUT2D eigenvalue weighted by atomic mass is 32.1. The molecule has 0 bridgehead atoms. The van der Waals surface area contributed by atoms with Crippen molar-refractivity contribution < 1.29 is 5.11 Å². The molecule has 0 spiro atoms. The van der Waals surface area contributed by atoms with Gasteiger partial charge in [-0.1, -0.05) is 31.2 Å². The van der Waals surface area contributed by atoms with Crippen molar-refractivity contribution in [2.45, 2.75) is 45.7 Å². The van der Waals surface area contributed by atoms with Crippen molar-refractivity contribution in [3.05, 3.63) is 82.9 Å². The van der Waals surface area contributed by atoms with Crippen molar-refractivity contribution in [3.8, 4) is 5.69 Å². The Morgan fingerprint density at radius 3 is 2.61 bits per heavy atom. The Morgan fingerprint density at radius 2 is 1.90 bits per heavy atom. The first-order valence-corrected chi connectivity index (χ1v) is 11.3. The minimum Gasteiger partial charge on any atom is -0.396 e. The average molecular weight is 435 g/mol. The third-order valence-electron chi connectivity index (χ3n) is 6.16. The van der Waals surface area contributed by atoms with Crippen molar-refractivity contribution in [1.29, 1.82) is 0 Å². The summed E-state index contributed by atoms with van der Waals surface area (Å²) in [5.74, 6) is 0. The molecule has 0 saturated carbocycles. The zero-order valence-corrected chi connectivity index (χ0v) is 19.2. The van der Waals surface area contributed by atoms with Gasteiger partial charge in [0.1, 0.15) is 0 Å². The predicted octanol–water partition coefficient (Wildman–Crippen LogP) is 4.41. The molecule has 0 unspecified atom stereocenters. The molecule has 162 valence electrons.